The smallest absolute Gasteiger partial charge is 0.268 e. The van der Waals surface area contributed by atoms with E-state index in [1.165, 1.54) is 0 Å². The lowest BCUT2D eigenvalue weighted by atomic mass is 9.95. The zero-order chi connectivity index (χ0) is 19.4. The normalized spacial score (nSPS) is 14.3. The Kier molecular flexibility index (Phi) is 5.41. The fraction of sp³-hybridized carbons (Fsp3) is 0.316. The first-order valence-electron chi connectivity index (χ1n) is 8.42. The molecule has 3 rings (SSSR count). The molecule has 1 aromatic heterocycles. The third-order valence-corrected chi connectivity index (χ3v) is 4.53. The largest absolute Gasteiger partial charge is 0.496 e. The summed E-state index contributed by atoms with van der Waals surface area (Å²) in [5.41, 5.74) is 6.84. The van der Waals surface area contributed by atoms with Crippen molar-refractivity contribution in [3.8, 4) is 29.0 Å². The second-order valence-electron chi connectivity index (χ2n) is 6.13. The predicted octanol–water partition coefficient (Wildman–Crippen LogP) is 1.21. The number of nitriles is 2. The van der Waals surface area contributed by atoms with Crippen LogP contribution in [0.2, 0.25) is 0 Å². The van der Waals surface area contributed by atoms with Crippen LogP contribution in [-0.4, -0.2) is 43.3 Å². The number of morpholine rings is 1. The number of nitrogens with two attached hydrogens (primary N) is 1. The number of anilines is 1. The molecule has 0 saturated carbocycles. The Morgan fingerprint density at radius 3 is 2.59 bits per heavy atom. The van der Waals surface area contributed by atoms with E-state index >= 15 is 0 Å². The molecular weight excluding hydrogens is 346 g/mol. The topological polar surface area (TPSA) is 128 Å². The molecule has 1 aliphatic rings. The first-order valence-corrected chi connectivity index (χ1v) is 8.42. The average molecular weight is 365 g/mol. The molecule has 0 spiro atoms. The fourth-order valence-corrected chi connectivity index (χ4v) is 3.19. The van der Waals surface area contributed by atoms with Gasteiger partial charge in [-0.3, -0.25) is 9.69 Å². The van der Waals surface area contributed by atoms with Gasteiger partial charge in [-0.25, -0.2) is 0 Å². The Balaban J connectivity index is 2.13. The van der Waals surface area contributed by atoms with Crippen molar-refractivity contribution in [2.24, 2.45) is 0 Å². The molecular formula is C19H19N5O3. The predicted molar refractivity (Wildman–Crippen MR) is 99.0 cm³/mol. The number of hydrogen-bond donors (Lipinski definition) is 2. The lowest BCUT2D eigenvalue weighted by molar-refractivity contribution is 0.0339. The van der Waals surface area contributed by atoms with Crippen LogP contribution in [0.1, 0.15) is 16.7 Å². The van der Waals surface area contributed by atoms with Crippen molar-refractivity contribution in [2.75, 3.05) is 39.1 Å². The van der Waals surface area contributed by atoms with Crippen LogP contribution in [0.5, 0.6) is 5.75 Å². The molecule has 2 heterocycles. The van der Waals surface area contributed by atoms with Gasteiger partial charge in [0.15, 0.2) is 0 Å². The monoisotopic (exact) mass is 365 g/mol. The number of benzene rings is 1. The summed E-state index contributed by atoms with van der Waals surface area (Å²) < 4.78 is 10.8. The number of pyridine rings is 1. The van der Waals surface area contributed by atoms with Crippen LogP contribution in [0.4, 0.5) is 5.82 Å². The van der Waals surface area contributed by atoms with Crippen LogP contribution < -0.4 is 16.0 Å². The van der Waals surface area contributed by atoms with Crippen molar-refractivity contribution in [1.82, 2.24) is 9.88 Å². The van der Waals surface area contributed by atoms with E-state index in [0.717, 1.165) is 18.7 Å². The molecule has 0 bridgehead atoms. The lowest BCUT2D eigenvalue weighted by Crippen LogP contribution is -2.35. The summed E-state index contributed by atoms with van der Waals surface area (Å²) in [5.74, 6) is 0.641. The van der Waals surface area contributed by atoms with Crippen LogP contribution >= 0.6 is 0 Å². The second kappa shape index (κ2) is 7.92. The third-order valence-electron chi connectivity index (χ3n) is 4.53. The highest BCUT2D eigenvalue weighted by atomic mass is 16.5. The van der Waals surface area contributed by atoms with E-state index in [1.54, 1.807) is 19.2 Å². The van der Waals surface area contributed by atoms with Gasteiger partial charge in [0.05, 0.1) is 20.3 Å². The maximum Gasteiger partial charge on any atom is 0.268 e. The zero-order valence-electron chi connectivity index (χ0n) is 14.9. The Hall–Kier alpha value is -3.33. The van der Waals surface area contributed by atoms with Gasteiger partial charge >= 0.3 is 0 Å². The van der Waals surface area contributed by atoms with Crippen LogP contribution in [0.3, 0.4) is 0 Å². The number of nitrogens with zero attached hydrogens (tertiary/aromatic N) is 3. The third kappa shape index (κ3) is 3.63. The van der Waals surface area contributed by atoms with Gasteiger partial charge in [0.25, 0.3) is 5.56 Å². The minimum Gasteiger partial charge on any atom is -0.496 e. The minimum atomic E-state index is -0.616. The van der Waals surface area contributed by atoms with Crippen LogP contribution in [-0.2, 0) is 11.3 Å². The minimum absolute atomic E-state index is 0.0537. The zero-order valence-corrected chi connectivity index (χ0v) is 14.9. The molecule has 1 aliphatic heterocycles. The summed E-state index contributed by atoms with van der Waals surface area (Å²) in [6.07, 6.45) is 0. The molecule has 8 heteroatoms. The summed E-state index contributed by atoms with van der Waals surface area (Å²) >= 11 is 0. The fourth-order valence-electron chi connectivity index (χ4n) is 3.19. The van der Waals surface area contributed by atoms with E-state index in [-0.39, 0.29) is 22.5 Å². The molecule has 1 aromatic carbocycles. The van der Waals surface area contributed by atoms with Crippen molar-refractivity contribution in [3.05, 3.63) is 45.2 Å². The van der Waals surface area contributed by atoms with Crippen LogP contribution in [0.15, 0.2) is 23.0 Å². The Labute approximate surface area is 156 Å². The summed E-state index contributed by atoms with van der Waals surface area (Å²) in [5, 5.41) is 18.9. The number of nitrogen functional groups attached to an aromatic ring is 1. The molecule has 3 N–H and O–H groups in total. The van der Waals surface area contributed by atoms with Gasteiger partial charge in [-0.15, -0.1) is 0 Å². The molecule has 2 aromatic rings. The van der Waals surface area contributed by atoms with Gasteiger partial charge < -0.3 is 20.2 Å². The molecule has 138 valence electrons. The summed E-state index contributed by atoms with van der Waals surface area (Å²) in [7, 11) is 1.59. The van der Waals surface area contributed by atoms with E-state index in [2.05, 4.69) is 9.88 Å². The highest BCUT2D eigenvalue weighted by Gasteiger charge is 2.20. The highest BCUT2D eigenvalue weighted by molar-refractivity contribution is 5.80. The number of nitrogens with one attached hydrogen (secondary N) is 1. The summed E-state index contributed by atoms with van der Waals surface area (Å²) in [6, 6.07) is 9.20. The molecule has 27 heavy (non-hydrogen) atoms. The standard InChI is InChI=1S/C19H19N5O3/c1-26-16-3-2-12(8-13(16)11-24-4-6-27-7-5-24)17-14(9-20)18(22)23-19(25)15(17)10-21/h2-3,8H,4-7,11H2,1H3,(H3,22,23,25). The van der Waals surface area contributed by atoms with Crippen molar-refractivity contribution >= 4 is 5.82 Å². The first-order chi connectivity index (χ1) is 13.1. The van der Waals surface area contributed by atoms with Crippen molar-refractivity contribution in [1.29, 1.82) is 10.5 Å². The van der Waals surface area contributed by atoms with Crippen LogP contribution in [0, 0.1) is 22.7 Å². The van der Waals surface area contributed by atoms with Gasteiger partial charge in [-0.2, -0.15) is 10.5 Å². The summed E-state index contributed by atoms with van der Waals surface area (Å²) in [4.78, 5) is 16.7. The van der Waals surface area contributed by atoms with Crippen molar-refractivity contribution in [3.63, 3.8) is 0 Å². The molecule has 8 nitrogen and oxygen atoms in total. The van der Waals surface area contributed by atoms with E-state index in [4.69, 9.17) is 15.2 Å². The average Bonchev–Trinajstić information content (AvgIpc) is 2.68. The molecule has 1 saturated heterocycles. The van der Waals surface area contributed by atoms with Gasteiger partial charge in [-0.1, -0.05) is 6.07 Å². The second-order valence-corrected chi connectivity index (χ2v) is 6.13. The molecule has 0 radical (unpaired) electrons. The summed E-state index contributed by atoms with van der Waals surface area (Å²) in [6.45, 7) is 3.58. The lowest BCUT2D eigenvalue weighted by Gasteiger charge is -2.27. The van der Waals surface area contributed by atoms with Crippen molar-refractivity contribution in [2.45, 2.75) is 6.54 Å². The number of aromatic nitrogens is 1. The maximum atomic E-state index is 12.1. The molecule has 0 atom stereocenters. The Morgan fingerprint density at radius 1 is 1.26 bits per heavy atom. The quantitative estimate of drug-likeness (QED) is 0.833. The Bertz CT molecular complexity index is 994. The van der Waals surface area contributed by atoms with E-state index in [1.807, 2.05) is 18.2 Å². The molecule has 1 fully saturated rings. The number of rotatable bonds is 4. The number of ether oxygens (including phenoxy) is 2. The van der Waals surface area contributed by atoms with E-state index in [0.29, 0.717) is 31.1 Å². The highest BCUT2D eigenvalue weighted by Crippen LogP contribution is 2.32. The van der Waals surface area contributed by atoms with Crippen LogP contribution in [0.25, 0.3) is 11.1 Å². The van der Waals surface area contributed by atoms with Gasteiger partial charge in [0, 0.05) is 30.8 Å². The molecule has 0 amide bonds. The van der Waals surface area contributed by atoms with Crippen molar-refractivity contribution < 1.29 is 9.47 Å². The van der Waals surface area contributed by atoms with Gasteiger partial charge in [0.2, 0.25) is 0 Å². The molecule has 0 unspecified atom stereocenters. The molecule has 0 aliphatic carbocycles. The SMILES string of the molecule is COc1ccc(-c2c(C#N)c(N)[nH]c(=O)c2C#N)cc1CN1CCOCC1. The maximum absolute atomic E-state index is 12.1. The van der Waals surface area contributed by atoms with Gasteiger partial charge in [0.1, 0.15) is 34.8 Å². The van der Waals surface area contributed by atoms with E-state index in [9.17, 15) is 15.3 Å². The van der Waals surface area contributed by atoms with E-state index < -0.39 is 5.56 Å². The number of H-pyrrole nitrogens is 1. The number of aromatic amines is 1. The number of hydrogen-bond acceptors (Lipinski definition) is 7. The van der Waals surface area contributed by atoms with Gasteiger partial charge in [-0.05, 0) is 17.7 Å². The Morgan fingerprint density at radius 2 is 1.96 bits per heavy atom. The first kappa shape index (κ1) is 18.5. The number of methoxy groups -OCH3 is 1.